The second kappa shape index (κ2) is 9.55. The molecule has 1 N–H and O–H groups in total. The summed E-state index contributed by atoms with van der Waals surface area (Å²) in [5.74, 6) is 0.725. The van der Waals surface area contributed by atoms with Gasteiger partial charge in [-0.05, 0) is 81.1 Å². The van der Waals surface area contributed by atoms with Gasteiger partial charge in [-0.1, -0.05) is 61.8 Å². The molecule has 0 aliphatic rings. The van der Waals surface area contributed by atoms with Crippen LogP contribution in [0.2, 0.25) is 5.02 Å². The highest BCUT2D eigenvalue weighted by Gasteiger charge is 2.26. The minimum absolute atomic E-state index is 0.692. The van der Waals surface area contributed by atoms with Crippen LogP contribution in [0.5, 0.6) is 0 Å². The molecule has 0 amide bonds. The molecular weight excluding hydrogens is 342 g/mol. The van der Waals surface area contributed by atoms with Crippen molar-refractivity contribution < 1.29 is 5.11 Å². The molecule has 2 aromatic rings. The maximum atomic E-state index is 11.2. The minimum Gasteiger partial charge on any atom is -0.385 e. The molecule has 0 radical (unpaired) electrons. The van der Waals surface area contributed by atoms with Crippen molar-refractivity contribution in [2.24, 2.45) is 5.92 Å². The van der Waals surface area contributed by atoms with Crippen molar-refractivity contribution in [3.05, 3.63) is 59.1 Å². The van der Waals surface area contributed by atoms with Crippen LogP contribution in [0.15, 0.2) is 48.5 Å². The van der Waals surface area contributed by atoms with Crippen LogP contribution in [0.3, 0.4) is 0 Å². The van der Waals surface area contributed by atoms with Gasteiger partial charge in [-0.3, -0.25) is 0 Å². The zero-order valence-electron chi connectivity index (χ0n) is 16.5. The zero-order valence-corrected chi connectivity index (χ0v) is 17.3. The first-order valence-corrected chi connectivity index (χ1v) is 9.94. The SMILES string of the molecule is CC(C)CCN(C)CCCC(C)(O)c1ccc(Cl)cc1-c1ccccc1. The molecule has 2 rings (SSSR count). The number of aliphatic hydroxyl groups is 1. The molecule has 3 heteroatoms. The van der Waals surface area contributed by atoms with Crippen molar-refractivity contribution in [3.8, 4) is 11.1 Å². The van der Waals surface area contributed by atoms with Crippen LogP contribution in [0.25, 0.3) is 11.1 Å². The topological polar surface area (TPSA) is 23.5 Å². The van der Waals surface area contributed by atoms with E-state index in [1.54, 1.807) is 0 Å². The molecular formula is C23H32ClNO. The van der Waals surface area contributed by atoms with E-state index in [1.807, 2.05) is 43.3 Å². The van der Waals surface area contributed by atoms with Crippen LogP contribution >= 0.6 is 11.6 Å². The number of benzene rings is 2. The van der Waals surface area contributed by atoms with Gasteiger partial charge in [0.2, 0.25) is 0 Å². The first-order chi connectivity index (χ1) is 12.3. The van der Waals surface area contributed by atoms with Gasteiger partial charge in [0.1, 0.15) is 0 Å². The third-order valence-corrected chi connectivity index (χ3v) is 5.17. The first-order valence-electron chi connectivity index (χ1n) is 9.56. The summed E-state index contributed by atoms with van der Waals surface area (Å²) < 4.78 is 0. The van der Waals surface area contributed by atoms with E-state index in [0.717, 1.165) is 48.5 Å². The van der Waals surface area contributed by atoms with E-state index < -0.39 is 5.60 Å². The van der Waals surface area contributed by atoms with E-state index in [4.69, 9.17) is 11.6 Å². The summed E-state index contributed by atoms with van der Waals surface area (Å²) in [6.07, 6.45) is 2.89. The maximum Gasteiger partial charge on any atom is 0.0875 e. The van der Waals surface area contributed by atoms with Crippen LogP contribution < -0.4 is 0 Å². The van der Waals surface area contributed by atoms with E-state index in [2.05, 4.69) is 37.9 Å². The highest BCUT2D eigenvalue weighted by atomic mass is 35.5. The smallest absolute Gasteiger partial charge is 0.0875 e. The standard InChI is InChI=1S/C23H32ClNO/c1-18(2)13-16-25(4)15-8-14-23(3,26)22-12-11-20(24)17-21(22)19-9-6-5-7-10-19/h5-7,9-12,17-18,26H,8,13-16H2,1-4H3. The van der Waals surface area contributed by atoms with Crippen LogP contribution in [-0.4, -0.2) is 30.1 Å². The molecule has 26 heavy (non-hydrogen) atoms. The van der Waals surface area contributed by atoms with E-state index in [-0.39, 0.29) is 0 Å². The number of nitrogens with zero attached hydrogens (tertiary/aromatic N) is 1. The van der Waals surface area contributed by atoms with E-state index in [9.17, 15) is 5.11 Å². The Morgan fingerprint density at radius 1 is 1.08 bits per heavy atom. The molecule has 1 atom stereocenters. The molecule has 0 fully saturated rings. The lowest BCUT2D eigenvalue weighted by atomic mass is 9.85. The Balaban J connectivity index is 2.09. The highest BCUT2D eigenvalue weighted by molar-refractivity contribution is 6.30. The maximum absolute atomic E-state index is 11.2. The second-order valence-electron chi connectivity index (χ2n) is 7.92. The lowest BCUT2D eigenvalue weighted by Crippen LogP contribution is -2.26. The normalized spacial score (nSPS) is 14.0. The van der Waals surface area contributed by atoms with Crippen LogP contribution in [-0.2, 0) is 5.60 Å². The van der Waals surface area contributed by atoms with E-state index in [0.29, 0.717) is 5.02 Å². The van der Waals surface area contributed by atoms with Crippen LogP contribution in [0.1, 0.15) is 45.6 Å². The average molecular weight is 374 g/mol. The highest BCUT2D eigenvalue weighted by Crippen LogP contribution is 2.36. The first kappa shape index (κ1) is 21.0. The molecule has 1 unspecified atom stereocenters. The van der Waals surface area contributed by atoms with E-state index >= 15 is 0 Å². The van der Waals surface area contributed by atoms with Crippen LogP contribution in [0, 0.1) is 5.92 Å². The summed E-state index contributed by atoms with van der Waals surface area (Å²) in [6.45, 7) is 8.53. The lowest BCUT2D eigenvalue weighted by Gasteiger charge is -2.28. The van der Waals surface area contributed by atoms with Crippen molar-refractivity contribution in [1.82, 2.24) is 4.90 Å². The summed E-state index contributed by atoms with van der Waals surface area (Å²) >= 11 is 6.23. The largest absolute Gasteiger partial charge is 0.385 e. The zero-order chi connectivity index (χ0) is 19.2. The summed E-state index contributed by atoms with van der Waals surface area (Å²) in [5, 5.41) is 11.9. The monoisotopic (exact) mass is 373 g/mol. The molecule has 0 spiro atoms. The number of rotatable bonds is 9. The quantitative estimate of drug-likeness (QED) is 0.585. The Bertz CT molecular complexity index is 682. The van der Waals surface area contributed by atoms with Gasteiger partial charge in [-0.25, -0.2) is 0 Å². The van der Waals surface area contributed by atoms with Gasteiger partial charge in [0.05, 0.1) is 5.60 Å². The molecule has 0 aliphatic heterocycles. The van der Waals surface area contributed by atoms with Gasteiger partial charge in [0.25, 0.3) is 0 Å². The van der Waals surface area contributed by atoms with Crippen molar-refractivity contribution in [1.29, 1.82) is 0 Å². The summed E-state index contributed by atoms with van der Waals surface area (Å²) in [6, 6.07) is 15.9. The molecule has 0 heterocycles. The predicted octanol–water partition coefficient (Wildman–Crippen LogP) is 5.97. The Labute approximate surface area is 163 Å². The molecule has 0 aliphatic carbocycles. The predicted molar refractivity (Wildman–Crippen MR) is 113 cm³/mol. The molecule has 142 valence electrons. The fraction of sp³-hybridized carbons (Fsp3) is 0.478. The van der Waals surface area contributed by atoms with Gasteiger partial charge >= 0.3 is 0 Å². The minimum atomic E-state index is -0.880. The van der Waals surface area contributed by atoms with Crippen LogP contribution in [0.4, 0.5) is 0 Å². The fourth-order valence-electron chi connectivity index (χ4n) is 3.26. The Kier molecular flexibility index (Phi) is 7.69. The number of halogens is 1. The summed E-state index contributed by atoms with van der Waals surface area (Å²) in [4.78, 5) is 2.36. The number of hydrogen-bond donors (Lipinski definition) is 1. The van der Waals surface area contributed by atoms with Crippen molar-refractivity contribution in [3.63, 3.8) is 0 Å². The Morgan fingerprint density at radius 2 is 1.77 bits per heavy atom. The number of hydrogen-bond acceptors (Lipinski definition) is 2. The summed E-state index contributed by atoms with van der Waals surface area (Å²) in [7, 11) is 2.16. The van der Waals surface area contributed by atoms with Gasteiger partial charge in [0.15, 0.2) is 0 Å². The third-order valence-electron chi connectivity index (χ3n) is 4.94. The van der Waals surface area contributed by atoms with E-state index in [1.165, 1.54) is 6.42 Å². The fourth-order valence-corrected chi connectivity index (χ4v) is 3.43. The molecule has 2 aromatic carbocycles. The molecule has 0 saturated carbocycles. The Morgan fingerprint density at radius 3 is 2.42 bits per heavy atom. The third kappa shape index (κ3) is 6.12. The second-order valence-corrected chi connectivity index (χ2v) is 8.36. The Hall–Kier alpha value is -1.35. The van der Waals surface area contributed by atoms with Gasteiger partial charge in [-0.2, -0.15) is 0 Å². The van der Waals surface area contributed by atoms with Gasteiger partial charge in [-0.15, -0.1) is 0 Å². The molecule has 2 nitrogen and oxygen atoms in total. The molecule has 0 aromatic heterocycles. The average Bonchev–Trinajstić information content (AvgIpc) is 2.60. The van der Waals surface area contributed by atoms with Crippen molar-refractivity contribution in [2.75, 3.05) is 20.1 Å². The van der Waals surface area contributed by atoms with Gasteiger partial charge < -0.3 is 10.0 Å². The molecule has 0 bridgehead atoms. The lowest BCUT2D eigenvalue weighted by molar-refractivity contribution is 0.0435. The van der Waals surface area contributed by atoms with Gasteiger partial charge in [0, 0.05) is 5.02 Å². The van der Waals surface area contributed by atoms with Crippen molar-refractivity contribution >= 4 is 11.6 Å². The molecule has 0 saturated heterocycles. The summed E-state index contributed by atoms with van der Waals surface area (Å²) in [5.41, 5.74) is 2.16. The van der Waals surface area contributed by atoms with Crippen molar-refractivity contribution in [2.45, 2.75) is 45.6 Å².